The number of rotatable bonds is 10. The van der Waals surface area contributed by atoms with Crippen LogP contribution in [0.15, 0.2) is 18.2 Å². The number of carbonyl (C=O) groups is 4. The first-order valence-corrected chi connectivity index (χ1v) is 10.9. The highest BCUT2D eigenvalue weighted by Gasteiger charge is 2.46. The van der Waals surface area contributed by atoms with Crippen molar-refractivity contribution in [3.05, 3.63) is 29.8 Å². The number of nitrogens with one attached hydrogen (secondary N) is 2. The van der Waals surface area contributed by atoms with Crippen LogP contribution in [0.5, 0.6) is 0 Å². The van der Waals surface area contributed by atoms with Gasteiger partial charge in [-0.1, -0.05) is 13.8 Å². The Balaban J connectivity index is 1.54. The number of nitrogens with zero attached hydrogens (tertiary/aromatic N) is 1. The maximum atomic E-state index is 14.0. The van der Waals surface area contributed by atoms with Crippen LogP contribution in [0, 0.1) is 17.6 Å². The van der Waals surface area contributed by atoms with Crippen LogP contribution in [0.3, 0.4) is 0 Å². The van der Waals surface area contributed by atoms with Gasteiger partial charge in [-0.05, 0) is 30.9 Å². The van der Waals surface area contributed by atoms with E-state index in [1.807, 2.05) is 13.8 Å². The zero-order chi connectivity index (χ0) is 25.0. The van der Waals surface area contributed by atoms with Crippen LogP contribution >= 0.6 is 0 Å². The second-order valence-corrected chi connectivity index (χ2v) is 8.64. The molecule has 13 heteroatoms. The van der Waals surface area contributed by atoms with E-state index in [-0.39, 0.29) is 18.2 Å². The third-order valence-corrected chi connectivity index (χ3v) is 5.52. The van der Waals surface area contributed by atoms with Crippen molar-refractivity contribution in [2.45, 2.75) is 51.2 Å². The van der Waals surface area contributed by atoms with E-state index in [1.165, 1.54) is 11.0 Å². The number of halogens is 2. The molecule has 0 radical (unpaired) electrons. The number of carbonyl (C=O) groups excluding carboxylic acids is 3. The van der Waals surface area contributed by atoms with E-state index in [1.54, 1.807) is 0 Å². The van der Waals surface area contributed by atoms with Gasteiger partial charge in [-0.2, -0.15) is 0 Å². The van der Waals surface area contributed by atoms with Gasteiger partial charge in [0, 0.05) is 12.6 Å². The molecule has 2 amide bonds. The van der Waals surface area contributed by atoms with Crippen molar-refractivity contribution < 1.29 is 42.4 Å². The van der Waals surface area contributed by atoms with E-state index in [2.05, 4.69) is 10.6 Å². The quantitative estimate of drug-likeness (QED) is 0.415. The number of hydrogen-bond acceptors (Lipinski definition) is 7. The van der Waals surface area contributed by atoms with Crippen LogP contribution in [-0.4, -0.2) is 67.2 Å². The van der Waals surface area contributed by atoms with Gasteiger partial charge in [0.15, 0.2) is 6.10 Å². The van der Waals surface area contributed by atoms with E-state index >= 15 is 0 Å². The van der Waals surface area contributed by atoms with Gasteiger partial charge in [0.1, 0.15) is 17.7 Å². The van der Waals surface area contributed by atoms with Gasteiger partial charge < -0.3 is 29.9 Å². The van der Waals surface area contributed by atoms with E-state index < -0.39 is 67.0 Å². The van der Waals surface area contributed by atoms with Crippen LogP contribution in [0.4, 0.5) is 14.5 Å². The molecule has 2 saturated heterocycles. The SMILES string of the molecule is CC(C)CC(NC(=O)CNC(=O)C1CCN1c1ccc(F)cc1F)B1OC(=O)C(CC(=O)O)O1. The number of benzene rings is 1. The van der Waals surface area contributed by atoms with Gasteiger partial charge in [-0.15, -0.1) is 0 Å². The number of aliphatic carboxylic acids is 1. The fraction of sp³-hybridized carbons (Fsp3) is 0.524. The molecule has 2 aliphatic heterocycles. The predicted octanol–water partition coefficient (Wildman–Crippen LogP) is 0.635. The number of amides is 2. The van der Waals surface area contributed by atoms with Crippen molar-refractivity contribution in [1.82, 2.24) is 10.6 Å². The molecule has 3 rings (SSSR count). The summed E-state index contributed by atoms with van der Waals surface area (Å²) in [5.41, 5.74) is 0.102. The molecule has 0 aliphatic carbocycles. The summed E-state index contributed by atoms with van der Waals surface area (Å²) in [7, 11) is -1.15. The summed E-state index contributed by atoms with van der Waals surface area (Å²) >= 11 is 0. The molecule has 2 heterocycles. The molecular formula is C21H26BF2N3O7. The molecule has 10 nitrogen and oxygen atoms in total. The van der Waals surface area contributed by atoms with Gasteiger partial charge in [-0.3, -0.25) is 19.2 Å². The third-order valence-electron chi connectivity index (χ3n) is 5.52. The normalized spacial score (nSPS) is 20.6. The second kappa shape index (κ2) is 10.8. The minimum atomic E-state index is -1.26. The lowest BCUT2D eigenvalue weighted by molar-refractivity contribution is -0.145. The Hall–Kier alpha value is -3.22. The summed E-state index contributed by atoms with van der Waals surface area (Å²) in [6.45, 7) is 3.78. The number of carboxylic acids is 1. The molecule has 3 unspecified atom stereocenters. The molecule has 0 bridgehead atoms. The number of carboxylic acid groups (broad SMARTS) is 1. The average molecular weight is 481 g/mol. The van der Waals surface area contributed by atoms with E-state index in [0.717, 1.165) is 12.1 Å². The second-order valence-electron chi connectivity index (χ2n) is 8.64. The Kier molecular flexibility index (Phi) is 8.08. The molecule has 3 N–H and O–H groups in total. The topological polar surface area (TPSA) is 134 Å². The number of hydrogen-bond donors (Lipinski definition) is 3. The molecule has 0 aromatic heterocycles. The van der Waals surface area contributed by atoms with Gasteiger partial charge >= 0.3 is 19.1 Å². The zero-order valence-corrected chi connectivity index (χ0v) is 18.8. The third kappa shape index (κ3) is 6.22. The molecule has 2 aliphatic rings. The summed E-state index contributed by atoms with van der Waals surface area (Å²) in [6, 6.07) is 2.40. The van der Waals surface area contributed by atoms with Crippen molar-refractivity contribution in [3.63, 3.8) is 0 Å². The van der Waals surface area contributed by atoms with Crippen LogP contribution in [0.25, 0.3) is 0 Å². The van der Waals surface area contributed by atoms with Gasteiger partial charge in [0.2, 0.25) is 11.8 Å². The Morgan fingerprint density at radius 3 is 2.62 bits per heavy atom. The highest BCUT2D eigenvalue weighted by molar-refractivity contribution is 6.51. The summed E-state index contributed by atoms with van der Waals surface area (Å²) in [4.78, 5) is 49.2. The van der Waals surface area contributed by atoms with Gasteiger partial charge in [0.05, 0.1) is 24.6 Å². The van der Waals surface area contributed by atoms with Crippen LogP contribution < -0.4 is 15.5 Å². The smallest absolute Gasteiger partial charge is 0.506 e. The van der Waals surface area contributed by atoms with E-state index in [9.17, 15) is 28.0 Å². The lowest BCUT2D eigenvalue weighted by Gasteiger charge is -2.41. The van der Waals surface area contributed by atoms with E-state index in [0.29, 0.717) is 19.4 Å². The van der Waals surface area contributed by atoms with Gasteiger partial charge in [0.25, 0.3) is 0 Å². The van der Waals surface area contributed by atoms with Gasteiger partial charge in [-0.25, -0.2) is 8.78 Å². The van der Waals surface area contributed by atoms with Crippen LogP contribution in [0.1, 0.15) is 33.1 Å². The first-order valence-electron chi connectivity index (χ1n) is 10.9. The lowest BCUT2D eigenvalue weighted by Crippen LogP contribution is -2.58. The van der Waals surface area contributed by atoms with Crippen molar-refractivity contribution in [2.75, 3.05) is 18.0 Å². The maximum Gasteiger partial charge on any atom is 0.552 e. The highest BCUT2D eigenvalue weighted by atomic mass is 19.1. The Bertz CT molecular complexity index is 964. The summed E-state index contributed by atoms with van der Waals surface area (Å²) in [6.07, 6.45) is -1.00. The molecule has 1 aromatic rings. The molecule has 2 fully saturated rings. The summed E-state index contributed by atoms with van der Waals surface area (Å²) in [5, 5.41) is 14.0. The summed E-state index contributed by atoms with van der Waals surface area (Å²) < 4.78 is 37.7. The molecule has 0 spiro atoms. The zero-order valence-electron chi connectivity index (χ0n) is 18.8. The fourth-order valence-corrected chi connectivity index (χ4v) is 3.85. The van der Waals surface area contributed by atoms with Crippen molar-refractivity contribution in [1.29, 1.82) is 0 Å². The molecule has 34 heavy (non-hydrogen) atoms. The molecular weight excluding hydrogens is 455 g/mol. The lowest BCUT2D eigenvalue weighted by atomic mass is 9.74. The first kappa shape index (κ1) is 25.4. The summed E-state index contributed by atoms with van der Waals surface area (Å²) in [5.74, 6) is -5.27. The first-order chi connectivity index (χ1) is 16.0. The molecule has 1 aromatic carbocycles. The fourth-order valence-electron chi connectivity index (χ4n) is 3.85. The molecule has 184 valence electrons. The monoisotopic (exact) mass is 481 g/mol. The maximum absolute atomic E-state index is 14.0. The largest absolute Gasteiger partial charge is 0.552 e. The molecule has 0 saturated carbocycles. The predicted molar refractivity (Wildman–Crippen MR) is 115 cm³/mol. The van der Waals surface area contributed by atoms with Crippen molar-refractivity contribution in [2.24, 2.45) is 5.92 Å². The van der Waals surface area contributed by atoms with Crippen molar-refractivity contribution in [3.8, 4) is 0 Å². The standard InChI is InChI=1S/C21H26BF2N3O7/c1-11(2)7-17(22-33-16(9-19(29)30)21(32)34-22)26-18(28)10-25-20(31)15-5-6-27(15)14-4-3-12(23)8-13(14)24/h3-4,8,11,15-17H,5-7,9-10H2,1-2H3,(H,25,31)(H,26,28)(H,29,30). The van der Waals surface area contributed by atoms with Crippen LogP contribution in [0.2, 0.25) is 0 Å². The van der Waals surface area contributed by atoms with Crippen LogP contribution in [-0.2, 0) is 28.5 Å². The number of anilines is 1. The minimum Gasteiger partial charge on any atom is -0.506 e. The average Bonchev–Trinajstić information content (AvgIpc) is 3.06. The Morgan fingerprint density at radius 1 is 1.29 bits per heavy atom. The molecule has 3 atom stereocenters. The van der Waals surface area contributed by atoms with Crippen molar-refractivity contribution >= 4 is 36.6 Å². The minimum absolute atomic E-state index is 0.0786. The Labute approximate surface area is 195 Å². The van der Waals surface area contributed by atoms with E-state index in [4.69, 9.17) is 14.4 Å². The highest BCUT2D eigenvalue weighted by Crippen LogP contribution is 2.29. The Morgan fingerprint density at radius 2 is 2.03 bits per heavy atom.